The van der Waals surface area contributed by atoms with Crippen molar-refractivity contribution in [3.8, 4) is 6.07 Å². The Morgan fingerprint density at radius 3 is 2.80 bits per heavy atom. The Morgan fingerprint density at radius 1 is 1.40 bits per heavy atom. The summed E-state index contributed by atoms with van der Waals surface area (Å²) in [5.41, 5.74) is 0.600. The highest BCUT2D eigenvalue weighted by molar-refractivity contribution is 5.45. The summed E-state index contributed by atoms with van der Waals surface area (Å²) in [6.07, 6.45) is 3.43. The Morgan fingerprint density at radius 2 is 2.15 bits per heavy atom. The lowest BCUT2D eigenvalue weighted by molar-refractivity contribution is -0.0132. The standard InChI is InChI=1S/C17H22N2O/c1-13-10-17(20,12-19(13)2)16(11-18)9-5-7-14-6-3-4-8-15(14)16/h3-4,6,8,13,20H,5,7,9-10,12H2,1-2H3. The smallest absolute Gasteiger partial charge is 0.112 e. The number of likely N-dealkylation sites (N-methyl/N-ethyl adjacent to an activating group) is 1. The van der Waals surface area contributed by atoms with Crippen LogP contribution in [0.2, 0.25) is 0 Å². The van der Waals surface area contributed by atoms with E-state index < -0.39 is 11.0 Å². The Hall–Kier alpha value is -1.37. The van der Waals surface area contributed by atoms with Gasteiger partial charge in [0, 0.05) is 12.6 Å². The highest BCUT2D eigenvalue weighted by atomic mass is 16.3. The lowest BCUT2D eigenvalue weighted by Gasteiger charge is -2.44. The van der Waals surface area contributed by atoms with E-state index in [-0.39, 0.29) is 0 Å². The lowest BCUT2D eigenvalue weighted by atomic mass is 9.60. The Bertz CT molecular complexity index is 552. The molecule has 1 fully saturated rings. The first-order chi connectivity index (χ1) is 9.52. The number of nitriles is 1. The van der Waals surface area contributed by atoms with E-state index in [9.17, 15) is 10.4 Å². The zero-order chi connectivity index (χ0) is 14.4. The number of rotatable bonds is 1. The second-order valence-corrected chi connectivity index (χ2v) is 6.53. The summed E-state index contributed by atoms with van der Waals surface area (Å²) in [4.78, 5) is 2.16. The van der Waals surface area contributed by atoms with Gasteiger partial charge in [-0.15, -0.1) is 0 Å². The van der Waals surface area contributed by atoms with Crippen LogP contribution in [0.5, 0.6) is 0 Å². The van der Waals surface area contributed by atoms with Crippen molar-refractivity contribution < 1.29 is 5.11 Å². The molecule has 1 heterocycles. The number of aliphatic hydroxyl groups is 1. The maximum absolute atomic E-state index is 11.3. The molecular weight excluding hydrogens is 248 g/mol. The molecule has 0 aromatic heterocycles. The molecule has 3 heteroatoms. The van der Waals surface area contributed by atoms with E-state index in [4.69, 9.17) is 0 Å². The van der Waals surface area contributed by atoms with Gasteiger partial charge in [0.25, 0.3) is 0 Å². The predicted molar refractivity (Wildman–Crippen MR) is 78.3 cm³/mol. The molecule has 0 bridgehead atoms. The third kappa shape index (κ3) is 1.72. The zero-order valence-electron chi connectivity index (χ0n) is 12.3. The van der Waals surface area contributed by atoms with Crippen LogP contribution in [0.15, 0.2) is 24.3 Å². The van der Waals surface area contributed by atoms with Crippen molar-refractivity contribution in [3.05, 3.63) is 35.4 Å². The van der Waals surface area contributed by atoms with Crippen LogP contribution in [0, 0.1) is 11.3 Å². The van der Waals surface area contributed by atoms with E-state index in [1.807, 2.05) is 25.2 Å². The van der Waals surface area contributed by atoms with Crippen LogP contribution in [0.25, 0.3) is 0 Å². The van der Waals surface area contributed by atoms with E-state index in [1.54, 1.807) is 0 Å². The summed E-state index contributed by atoms with van der Waals surface area (Å²) < 4.78 is 0. The quantitative estimate of drug-likeness (QED) is 0.851. The van der Waals surface area contributed by atoms with E-state index in [0.29, 0.717) is 19.0 Å². The predicted octanol–water partition coefficient (Wildman–Crippen LogP) is 2.24. The molecule has 1 aromatic carbocycles. The fraction of sp³-hybridized carbons (Fsp3) is 0.588. The zero-order valence-corrected chi connectivity index (χ0v) is 12.3. The van der Waals surface area contributed by atoms with Gasteiger partial charge in [0.1, 0.15) is 11.0 Å². The first-order valence-electron chi connectivity index (χ1n) is 7.45. The molecule has 0 spiro atoms. The molecule has 20 heavy (non-hydrogen) atoms. The molecule has 1 aromatic rings. The Kier molecular flexibility index (Phi) is 3.12. The minimum absolute atomic E-state index is 0.319. The SMILES string of the molecule is CC1CC(O)(C2(C#N)CCCc3ccccc32)CN1C. The monoisotopic (exact) mass is 270 g/mol. The number of likely N-dealkylation sites (tertiary alicyclic amines) is 1. The molecule has 0 amide bonds. The van der Waals surface area contributed by atoms with E-state index >= 15 is 0 Å². The molecule has 1 aliphatic heterocycles. The van der Waals surface area contributed by atoms with Gasteiger partial charge in [-0.05, 0) is 50.8 Å². The first-order valence-corrected chi connectivity index (χ1v) is 7.45. The van der Waals surface area contributed by atoms with Crippen LogP contribution in [0.1, 0.15) is 37.3 Å². The third-order valence-electron chi connectivity index (χ3n) is 5.36. The van der Waals surface area contributed by atoms with Crippen LogP contribution in [-0.2, 0) is 11.8 Å². The second-order valence-electron chi connectivity index (χ2n) is 6.53. The minimum Gasteiger partial charge on any atom is -0.386 e. The van der Waals surface area contributed by atoms with Gasteiger partial charge in [-0.2, -0.15) is 5.26 Å². The van der Waals surface area contributed by atoms with Gasteiger partial charge >= 0.3 is 0 Å². The van der Waals surface area contributed by atoms with E-state index in [0.717, 1.165) is 24.8 Å². The third-order valence-corrected chi connectivity index (χ3v) is 5.36. The number of fused-ring (bicyclic) bond motifs is 1. The largest absolute Gasteiger partial charge is 0.386 e. The van der Waals surface area contributed by atoms with E-state index in [1.165, 1.54) is 5.56 Å². The number of hydrogen-bond acceptors (Lipinski definition) is 3. The summed E-state index contributed by atoms with van der Waals surface area (Å²) in [6, 6.07) is 11.0. The van der Waals surface area contributed by atoms with Gasteiger partial charge in [0.15, 0.2) is 0 Å². The van der Waals surface area contributed by atoms with Gasteiger partial charge in [-0.25, -0.2) is 0 Å². The van der Waals surface area contributed by atoms with Gasteiger partial charge in [0.2, 0.25) is 0 Å². The molecule has 3 nitrogen and oxygen atoms in total. The fourth-order valence-electron chi connectivity index (χ4n) is 4.12. The summed E-state index contributed by atoms with van der Waals surface area (Å²) in [7, 11) is 2.03. The number of hydrogen-bond donors (Lipinski definition) is 1. The highest BCUT2D eigenvalue weighted by Crippen LogP contribution is 2.49. The maximum atomic E-state index is 11.3. The summed E-state index contributed by atoms with van der Waals surface area (Å²) in [6.45, 7) is 2.70. The molecule has 3 unspecified atom stereocenters. The van der Waals surface area contributed by atoms with Crippen molar-refractivity contribution in [3.63, 3.8) is 0 Å². The molecule has 3 atom stereocenters. The number of β-amino-alcohol motifs (C(OH)–C–C–N with tert-alkyl or cyclic N) is 1. The van der Waals surface area contributed by atoms with E-state index in [2.05, 4.69) is 24.0 Å². The number of nitrogens with zero attached hydrogens (tertiary/aromatic N) is 2. The Labute approximate surface area is 120 Å². The van der Waals surface area contributed by atoms with Crippen LogP contribution in [0.4, 0.5) is 0 Å². The maximum Gasteiger partial charge on any atom is 0.112 e. The van der Waals surface area contributed by atoms with Crippen molar-refractivity contribution in [1.29, 1.82) is 5.26 Å². The second kappa shape index (κ2) is 4.58. The fourth-order valence-corrected chi connectivity index (χ4v) is 4.12. The number of aryl methyl sites for hydroxylation is 1. The highest BCUT2D eigenvalue weighted by Gasteiger charge is 2.57. The minimum atomic E-state index is -0.938. The van der Waals surface area contributed by atoms with Crippen molar-refractivity contribution in [2.24, 2.45) is 0 Å². The molecule has 2 aliphatic rings. The molecule has 0 radical (unpaired) electrons. The van der Waals surface area contributed by atoms with Crippen molar-refractivity contribution >= 4 is 0 Å². The summed E-state index contributed by atoms with van der Waals surface area (Å²) >= 11 is 0. The Balaban J connectivity index is 2.13. The average Bonchev–Trinajstić information content (AvgIpc) is 2.72. The van der Waals surface area contributed by atoms with Crippen LogP contribution < -0.4 is 0 Å². The molecule has 1 aliphatic carbocycles. The van der Waals surface area contributed by atoms with Crippen LogP contribution in [0.3, 0.4) is 0 Å². The summed E-state index contributed by atoms with van der Waals surface area (Å²) in [5.74, 6) is 0. The molecule has 1 saturated heterocycles. The molecule has 3 rings (SSSR count). The van der Waals surface area contributed by atoms with Gasteiger partial charge < -0.3 is 10.0 Å². The van der Waals surface area contributed by atoms with Gasteiger partial charge in [-0.1, -0.05) is 24.3 Å². The number of benzene rings is 1. The molecular formula is C17H22N2O. The molecule has 106 valence electrons. The van der Waals surface area contributed by atoms with Crippen molar-refractivity contribution in [2.45, 2.75) is 49.7 Å². The average molecular weight is 270 g/mol. The summed E-state index contributed by atoms with van der Waals surface area (Å²) in [5, 5.41) is 21.2. The van der Waals surface area contributed by atoms with Crippen LogP contribution >= 0.6 is 0 Å². The topological polar surface area (TPSA) is 47.3 Å². The van der Waals surface area contributed by atoms with Gasteiger partial charge in [0.05, 0.1) is 6.07 Å². The van der Waals surface area contributed by atoms with Crippen LogP contribution in [-0.4, -0.2) is 35.2 Å². The molecule has 0 saturated carbocycles. The lowest BCUT2D eigenvalue weighted by Crippen LogP contribution is -2.54. The first kappa shape index (κ1) is 13.6. The normalized spacial score (nSPS) is 37.4. The molecule has 1 N–H and O–H groups in total. The van der Waals surface area contributed by atoms with Crippen molar-refractivity contribution in [1.82, 2.24) is 4.90 Å². The van der Waals surface area contributed by atoms with Gasteiger partial charge in [-0.3, -0.25) is 0 Å². The van der Waals surface area contributed by atoms with Crippen molar-refractivity contribution in [2.75, 3.05) is 13.6 Å².